The molecule has 0 radical (unpaired) electrons. The van der Waals surface area contributed by atoms with Gasteiger partial charge in [-0.05, 0) is 47.7 Å². The minimum absolute atomic E-state index is 0.189. The normalized spacial score (nSPS) is 12.9. The van der Waals surface area contributed by atoms with E-state index in [1.165, 1.54) is 48.5 Å². The molecule has 0 atom stereocenters. The van der Waals surface area contributed by atoms with Crippen molar-refractivity contribution in [2.75, 3.05) is 0 Å². The van der Waals surface area contributed by atoms with Crippen LogP contribution in [0.15, 0.2) is 199 Å². The average Bonchev–Trinajstić information content (AvgIpc) is 3.36. The van der Waals surface area contributed by atoms with Gasteiger partial charge in [0.1, 0.15) is 0 Å². The monoisotopic (exact) mass is 796 g/mol. The number of allylic oxidation sites excluding steroid dienone is 4. The first-order valence-corrected chi connectivity index (χ1v) is 21.6. The molecule has 6 aromatic rings. The molecule has 1 aliphatic rings. The fourth-order valence-electron chi connectivity index (χ4n) is 5.76. The largest absolute Gasteiger partial charge is 0.0622 e. The standard InChI is InChI=1S/2C18H15P.C10H15.ClH.Ru/c2*1-4-10-16(11-5-1)19(17-12-6-2-7-13-17)18-14-8-3-9-15-18;1-7-6-10(4,5)9(3)8(7)2;;/h2*1-15H;1-5H3;1H;/q;;-1;;+2/p-1. The first-order chi connectivity index (χ1) is 24.3. The van der Waals surface area contributed by atoms with E-state index in [1.807, 2.05) is 17.3 Å². The van der Waals surface area contributed by atoms with Crippen LogP contribution in [0.2, 0.25) is 0 Å². The predicted molar refractivity (Wildman–Crippen MR) is 221 cm³/mol. The van der Waals surface area contributed by atoms with Crippen LogP contribution in [0.25, 0.3) is 0 Å². The minimum atomic E-state index is -0.446. The van der Waals surface area contributed by atoms with Gasteiger partial charge in [0.05, 0.1) is 0 Å². The summed E-state index contributed by atoms with van der Waals surface area (Å²) in [4.78, 5) is 0. The topological polar surface area (TPSA) is 0 Å². The third-order valence-corrected chi connectivity index (χ3v) is 13.5. The smallest absolute Gasteiger partial charge is 0.0134 e. The van der Waals surface area contributed by atoms with Crippen LogP contribution >= 0.6 is 25.5 Å². The van der Waals surface area contributed by atoms with Crippen molar-refractivity contribution in [2.24, 2.45) is 5.41 Å². The van der Waals surface area contributed by atoms with Gasteiger partial charge in [-0.15, -0.1) is 6.92 Å². The number of benzene rings is 6. The minimum Gasteiger partial charge on any atom is -0.0622 e. The Morgan fingerprint density at radius 2 is 0.600 bits per heavy atom. The van der Waals surface area contributed by atoms with Crippen LogP contribution in [-0.4, -0.2) is 0 Å². The van der Waals surface area contributed by atoms with Gasteiger partial charge in [0.25, 0.3) is 0 Å². The van der Waals surface area contributed by atoms with Crippen LogP contribution in [0.1, 0.15) is 34.6 Å². The van der Waals surface area contributed by atoms with E-state index in [2.05, 4.69) is 232 Å². The van der Waals surface area contributed by atoms with Crippen LogP contribution in [0.3, 0.4) is 0 Å². The maximum Gasteiger partial charge on any atom is -0.0134 e. The van der Waals surface area contributed by atoms with Gasteiger partial charge in [-0.2, -0.15) is 11.1 Å². The molecule has 0 spiro atoms. The molecule has 254 valence electrons. The molecular weight excluding hydrogens is 751 g/mol. The van der Waals surface area contributed by atoms with E-state index in [-0.39, 0.29) is 5.41 Å². The summed E-state index contributed by atoms with van der Waals surface area (Å²) in [6.07, 6.45) is 3.44. The summed E-state index contributed by atoms with van der Waals surface area (Å²) in [5.41, 5.74) is 4.39. The van der Waals surface area contributed by atoms with E-state index in [9.17, 15) is 0 Å². The fraction of sp³-hybridized carbons (Fsp3) is 0.130. The molecular formula is C46H45ClP2Ru. The van der Waals surface area contributed by atoms with Crippen LogP contribution in [0.5, 0.6) is 0 Å². The number of hydrogen-bond donors (Lipinski definition) is 0. The number of hydrogen-bond acceptors (Lipinski definition) is 0. The molecule has 0 fully saturated rings. The maximum atomic E-state index is 4.57. The van der Waals surface area contributed by atoms with Crippen molar-refractivity contribution in [3.8, 4) is 0 Å². The van der Waals surface area contributed by atoms with Gasteiger partial charge in [-0.1, -0.05) is 215 Å². The van der Waals surface area contributed by atoms with Crippen molar-refractivity contribution in [1.29, 1.82) is 0 Å². The molecule has 1 aliphatic carbocycles. The molecule has 0 aliphatic heterocycles. The second-order valence-electron chi connectivity index (χ2n) is 12.3. The molecule has 0 N–H and O–H groups in total. The van der Waals surface area contributed by atoms with Gasteiger partial charge in [-0.3, -0.25) is 6.08 Å². The van der Waals surface area contributed by atoms with Gasteiger partial charge in [0.15, 0.2) is 0 Å². The van der Waals surface area contributed by atoms with Crippen molar-refractivity contribution >= 4 is 57.4 Å². The van der Waals surface area contributed by atoms with Crippen molar-refractivity contribution < 1.29 is 17.3 Å². The van der Waals surface area contributed by atoms with Gasteiger partial charge in [-0.25, -0.2) is 5.57 Å². The van der Waals surface area contributed by atoms with E-state index < -0.39 is 15.8 Å². The van der Waals surface area contributed by atoms with E-state index in [1.54, 1.807) is 0 Å². The molecule has 0 unspecified atom stereocenters. The van der Waals surface area contributed by atoms with Crippen LogP contribution in [-0.2, 0) is 17.3 Å². The second-order valence-corrected chi connectivity index (χ2v) is 16.7. The van der Waals surface area contributed by atoms with Crippen LogP contribution in [0, 0.1) is 11.5 Å². The average molecular weight is 796 g/mol. The molecule has 0 saturated carbocycles. The van der Waals surface area contributed by atoms with E-state index in [0.717, 1.165) is 0 Å². The summed E-state index contributed by atoms with van der Waals surface area (Å²) in [5, 5.41) is 8.39. The molecule has 0 aromatic heterocycles. The number of halogens is 1. The Balaban J connectivity index is 0.000000172. The molecule has 0 nitrogen and oxygen atoms in total. The second kappa shape index (κ2) is 20.4. The summed E-state index contributed by atoms with van der Waals surface area (Å²) < 4.78 is 0. The van der Waals surface area contributed by atoms with Crippen molar-refractivity contribution in [3.63, 3.8) is 0 Å². The summed E-state index contributed by atoms with van der Waals surface area (Å²) >= 11 is 1.82. The summed E-state index contributed by atoms with van der Waals surface area (Å²) in [7, 11) is 3.68. The summed E-state index contributed by atoms with van der Waals surface area (Å²) in [6, 6.07) is 64.7. The van der Waals surface area contributed by atoms with E-state index in [4.69, 9.17) is 0 Å². The summed E-state index contributed by atoms with van der Waals surface area (Å²) in [5.74, 6) is 0. The van der Waals surface area contributed by atoms with Gasteiger partial charge in [0.2, 0.25) is 0 Å². The quantitative estimate of drug-likeness (QED) is 0.0895. The van der Waals surface area contributed by atoms with Crippen molar-refractivity contribution in [2.45, 2.75) is 34.6 Å². The Morgan fingerprint density at radius 1 is 0.400 bits per heavy atom. The Labute approximate surface area is 317 Å². The van der Waals surface area contributed by atoms with E-state index >= 15 is 0 Å². The molecule has 0 bridgehead atoms. The Kier molecular flexibility index (Phi) is 16.1. The molecule has 7 rings (SSSR count). The maximum absolute atomic E-state index is 4.57. The zero-order valence-electron chi connectivity index (χ0n) is 29.4. The molecule has 0 amide bonds. The van der Waals surface area contributed by atoms with Crippen LogP contribution < -0.4 is 31.8 Å². The molecule has 0 saturated heterocycles. The van der Waals surface area contributed by atoms with E-state index in [0.29, 0.717) is 0 Å². The Morgan fingerprint density at radius 3 is 0.720 bits per heavy atom. The first-order valence-electron chi connectivity index (χ1n) is 16.7. The molecule has 6 aromatic carbocycles. The zero-order valence-corrected chi connectivity index (χ0v) is 33.7. The van der Waals surface area contributed by atoms with Crippen molar-refractivity contribution in [3.05, 3.63) is 205 Å². The molecule has 50 heavy (non-hydrogen) atoms. The van der Waals surface area contributed by atoms with Crippen LogP contribution in [0.4, 0.5) is 0 Å². The molecule has 0 heterocycles. The fourth-order valence-corrected chi connectivity index (χ4v) is 10.4. The predicted octanol–water partition coefficient (Wildman–Crippen LogP) is 10.7. The Bertz CT molecular complexity index is 1590. The van der Waals surface area contributed by atoms with Gasteiger partial charge < -0.3 is 0 Å². The first kappa shape index (κ1) is 39.4. The number of rotatable bonds is 6. The zero-order chi connectivity index (χ0) is 35.8. The van der Waals surface area contributed by atoms with Crippen molar-refractivity contribution in [1.82, 2.24) is 0 Å². The van der Waals surface area contributed by atoms with Gasteiger partial charge >= 0.3 is 27.0 Å². The third kappa shape index (κ3) is 11.0. The SMILES string of the molecule is CC1=[C-]C(C)(C)C(C)=C1C.[Cl][Ru+].c1ccc(P(c2ccccc2)c2ccccc2)cc1.c1ccc(P(c2ccccc2)c2ccccc2)cc1. The molecule has 4 heteroatoms. The summed E-state index contributed by atoms with van der Waals surface area (Å²) in [6.45, 7) is 10.9. The van der Waals surface area contributed by atoms with Gasteiger partial charge in [0, 0.05) is 0 Å². The Hall–Kier alpha value is -3.43. The third-order valence-electron chi connectivity index (χ3n) is 8.65.